The summed E-state index contributed by atoms with van der Waals surface area (Å²) in [6.45, 7) is 2.18. The van der Waals surface area contributed by atoms with Crippen LogP contribution in [0.5, 0.6) is 0 Å². The third kappa shape index (κ3) is 1.61. The van der Waals surface area contributed by atoms with Crippen molar-refractivity contribution in [2.45, 2.75) is 19.8 Å². The Hall–Kier alpha value is -2.10. The van der Waals surface area contributed by atoms with Gasteiger partial charge in [0, 0.05) is 5.69 Å². The molecule has 0 saturated carbocycles. The molecule has 1 aromatic carbocycles. The smallest absolute Gasteiger partial charge is 0.358 e. The zero-order valence-electron chi connectivity index (χ0n) is 10.2. The molecule has 0 saturated heterocycles. The van der Waals surface area contributed by atoms with E-state index in [0.717, 1.165) is 24.2 Å². The van der Waals surface area contributed by atoms with Gasteiger partial charge in [-0.2, -0.15) is 0 Å². The van der Waals surface area contributed by atoms with E-state index in [4.69, 9.17) is 4.74 Å². The Labute approximate surface area is 105 Å². The van der Waals surface area contributed by atoms with Crippen LogP contribution in [0.4, 0.5) is 0 Å². The highest BCUT2D eigenvalue weighted by atomic mass is 16.5. The second-order valence-corrected chi connectivity index (χ2v) is 4.26. The number of hydrogen-bond acceptors (Lipinski definition) is 3. The average Bonchev–Trinajstić information content (AvgIpc) is 2.83. The number of carbonyl (C=O) groups excluding carboxylic acids is 1. The third-order valence-corrected chi connectivity index (χ3v) is 3.22. The van der Waals surface area contributed by atoms with Gasteiger partial charge in [0.25, 0.3) is 0 Å². The molecule has 0 N–H and O–H groups in total. The van der Waals surface area contributed by atoms with Crippen LogP contribution in [-0.2, 0) is 17.6 Å². The maximum atomic E-state index is 11.8. The van der Waals surface area contributed by atoms with Gasteiger partial charge < -0.3 is 9.30 Å². The van der Waals surface area contributed by atoms with E-state index in [-0.39, 0.29) is 5.97 Å². The van der Waals surface area contributed by atoms with Crippen molar-refractivity contribution in [2.24, 2.45) is 0 Å². The first-order valence-corrected chi connectivity index (χ1v) is 6.13. The highest BCUT2D eigenvalue weighted by Crippen LogP contribution is 2.26. The predicted molar refractivity (Wildman–Crippen MR) is 66.9 cm³/mol. The summed E-state index contributed by atoms with van der Waals surface area (Å²) in [4.78, 5) is 16.0. The number of esters is 1. The molecule has 3 rings (SSSR count). The molecule has 1 aliphatic rings. The summed E-state index contributed by atoms with van der Waals surface area (Å²) in [5.41, 5.74) is 3.80. The van der Waals surface area contributed by atoms with E-state index in [1.54, 1.807) is 13.3 Å². The predicted octanol–water partition coefficient (Wildman–Crippen LogP) is 2.15. The van der Waals surface area contributed by atoms with Gasteiger partial charge in [0.2, 0.25) is 0 Å². The van der Waals surface area contributed by atoms with E-state index in [1.807, 2.05) is 16.7 Å². The summed E-state index contributed by atoms with van der Waals surface area (Å²) in [6, 6.07) is 8.20. The minimum Gasteiger partial charge on any atom is -0.461 e. The number of aromatic nitrogens is 2. The number of benzene rings is 1. The van der Waals surface area contributed by atoms with Gasteiger partial charge in [-0.1, -0.05) is 18.2 Å². The van der Waals surface area contributed by atoms with Crippen molar-refractivity contribution < 1.29 is 9.53 Å². The SMILES string of the molecule is CCOC(=O)c1ncn2c1CCc1ccccc1-2. The minimum atomic E-state index is -0.328. The van der Waals surface area contributed by atoms with Crippen LogP contribution in [0, 0.1) is 0 Å². The number of nitrogens with zero attached hydrogens (tertiary/aromatic N) is 2. The van der Waals surface area contributed by atoms with E-state index in [2.05, 4.69) is 17.1 Å². The first-order chi connectivity index (χ1) is 8.81. The summed E-state index contributed by atoms with van der Waals surface area (Å²) < 4.78 is 7.02. The summed E-state index contributed by atoms with van der Waals surface area (Å²) in [6.07, 6.45) is 3.47. The third-order valence-electron chi connectivity index (χ3n) is 3.22. The normalized spacial score (nSPS) is 12.7. The molecule has 4 nitrogen and oxygen atoms in total. The number of fused-ring (bicyclic) bond motifs is 3. The number of hydrogen-bond donors (Lipinski definition) is 0. The van der Waals surface area contributed by atoms with Gasteiger partial charge in [0.15, 0.2) is 5.69 Å². The first kappa shape index (κ1) is 11.0. The van der Waals surface area contributed by atoms with Crippen LogP contribution in [0.3, 0.4) is 0 Å². The largest absolute Gasteiger partial charge is 0.461 e. The zero-order chi connectivity index (χ0) is 12.5. The second kappa shape index (κ2) is 4.29. The number of rotatable bonds is 2. The molecule has 4 heteroatoms. The minimum absolute atomic E-state index is 0.328. The van der Waals surface area contributed by atoms with Crippen molar-refractivity contribution >= 4 is 5.97 Å². The molecule has 18 heavy (non-hydrogen) atoms. The van der Waals surface area contributed by atoms with Crippen LogP contribution in [0.2, 0.25) is 0 Å². The van der Waals surface area contributed by atoms with Crippen LogP contribution >= 0.6 is 0 Å². The molecule has 0 radical (unpaired) electrons. The lowest BCUT2D eigenvalue weighted by atomic mass is 10.0. The van der Waals surface area contributed by atoms with E-state index in [0.29, 0.717) is 12.3 Å². The molecule has 2 heterocycles. The molecule has 2 aromatic rings. The molecule has 0 aliphatic carbocycles. The average molecular weight is 242 g/mol. The van der Waals surface area contributed by atoms with Gasteiger partial charge in [-0.15, -0.1) is 0 Å². The number of para-hydroxylation sites is 1. The molecule has 1 aromatic heterocycles. The lowest BCUT2D eigenvalue weighted by Crippen LogP contribution is -2.15. The fraction of sp³-hybridized carbons (Fsp3) is 0.286. The fourth-order valence-electron chi connectivity index (χ4n) is 2.40. The maximum Gasteiger partial charge on any atom is 0.358 e. The van der Waals surface area contributed by atoms with Crippen molar-refractivity contribution in [2.75, 3.05) is 6.61 Å². The second-order valence-electron chi connectivity index (χ2n) is 4.26. The summed E-state index contributed by atoms with van der Waals surface area (Å²) in [5, 5.41) is 0. The van der Waals surface area contributed by atoms with Gasteiger partial charge >= 0.3 is 5.97 Å². The molecule has 0 fully saturated rings. The van der Waals surface area contributed by atoms with Crippen LogP contribution < -0.4 is 0 Å². The molecule has 92 valence electrons. The number of ether oxygens (including phenoxy) is 1. The number of carbonyl (C=O) groups is 1. The van der Waals surface area contributed by atoms with E-state index >= 15 is 0 Å². The Morgan fingerprint density at radius 1 is 1.39 bits per heavy atom. The van der Waals surface area contributed by atoms with E-state index in [1.165, 1.54) is 5.56 Å². The zero-order valence-corrected chi connectivity index (χ0v) is 10.2. The Morgan fingerprint density at radius 3 is 3.06 bits per heavy atom. The molecular formula is C14H14N2O2. The van der Waals surface area contributed by atoms with Crippen molar-refractivity contribution in [1.82, 2.24) is 9.55 Å². The van der Waals surface area contributed by atoms with Crippen molar-refractivity contribution in [1.29, 1.82) is 0 Å². The molecule has 0 amide bonds. The molecule has 0 bridgehead atoms. The van der Waals surface area contributed by atoms with Gasteiger partial charge in [-0.05, 0) is 31.4 Å². The lowest BCUT2D eigenvalue weighted by Gasteiger charge is -2.19. The highest BCUT2D eigenvalue weighted by Gasteiger charge is 2.23. The topological polar surface area (TPSA) is 44.1 Å². The lowest BCUT2D eigenvalue weighted by molar-refractivity contribution is 0.0518. The Bertz CT molecular complexity index is 602. The van der Waals surface area contributed by atoms with Crippen molar-refractivity contribution in [3.05, 3.63) is 47.5 Å². The summed E-state index contributed by atoms with van der Waals surface area (Å²) >= 11 is 0. The molecular weight excluding hydrogens is 228 g/mol. The monoisotopic (exact) mass is 242 g/mol. The van der Waals surface area contributed by atoms with E-state index < -0.39 is 0 Å². The summed E-state index contributed by atoms with van der Waals surface area (Å²) in [7, 11) is 0. The van der Waals surface area contributed by atoms with Gasteiger partial charge in [-0.25, -0.2) is 9.78 Å². The molecule has 0 unspecified atom stereocenters. The number of imidazole rings is 1. The van der Waals surface area contributed by atoms with Crippen LogP contribution in [0.15, 0.2) is 30.6 Å². The van der Waals surface area contributed by atoms with Crippen LogP contribution in [0.25, 0.3) is 5.69 Å². The first-order valence-electron chi connectivity index (χ1n) is 6.13. The maximum absolute atomic E-state index is 11.8. The van der Waals surface area contributed by atoms with Crippen molar-refractivity contribution in [3.63, 3.8) is 0 Å². The highest BCUT2D eigenvalue weighted by molar-refractivity contribution is 5.89. The molecule has 1 aliphatic heterocycles. The Balaban J connectivity index is 2.07. The van der Waals surface area contributed by atoms with E-state index in [9.17, 15) is 4.79 Å². The number of aryl methyl sites for hydroxylation is 1. The van der Waals surface area contributed by atoms with Gasteiger partial charge in [0.05, 0.1) is 12.3 Å². The molecule has 0 atom stereocenters. The van der Waals surface area contributed by atoms with Crippen molar-refractivity contribution in [3.8, 4) is 5.69 Å². The molecule has 0 spiro atoms. The van der Waals surface area contributed by atoms with Gasteiger partial charge in [0.1, 0.15) is 6.33 Å². The Kier molecular flexibility index (Phi) is 2.63. The van der Waals surface area contributed by atoms with Crippen LogP contribution in [-0.4, -0.2) is 22.1 Å². The fourth-order valence-corrected chi connectivity index (χ4v) is 2.40. The van der Waals surface area contributed by atoms with Gasteiger partial charge in [-0.3, -0.25) is 0 Å². The quantitative estimate of drug-likeness (QED) is 0.758. The summed E-state index contributed by atoms with van der Waals surface area (Å²) in [5.74, 6) is -0.328. The van der Waals surface area contributed by atoms with Crippen LogP contribution in [0.1, 0.15) is 28.7 Å². The standard InChI is InChI=1S/C14H14N2O2/c1-2-18-14(17)13-12-8-7-10-5-3-4-6-11(10)16(12)9-15-13/h3-6,9H,2,7-8H2,1H3. The Morgan fingerprint density at radius 2 is 2.22 bits per heavy atom.